The van der Waals surface area contributed by atoms with Crippen LogP contribution in [-0.4, -0.2) is 22.2 Å². The highest BCUT2D eigenvalue weighted by Gasteiger charge is 2.41. The lowest BCUT2D eigenvalue weighted by Gasteiger charge is -2.15. The molecule has 1 aromatic rings. The summed E-state index contributed by atoms with van der Waals surface area (Å²) < 4.78 is 1.70. The summed E-state index contributed by atoms with van der Waals surface area (Å²) in [7, 11) is 0. The number of nitrogen functional groups attached to an aromatic ring is 1. The second kappa shape index (κ2) is 4.87. The lowest BCUT2D eigenvalue weighted by Crippen LogP contribution is -2.31. The van der Waals surface area contributed by atoms with Gasteiger partial charge in [0.15, 0.2) is 5.69 Å². The topological polar surface area (TPSA) is 72.9 Å². The third-order valence-electron chi connectivity index (χ3n) is 4.28. The van der Waals surface area contributed by atoms with Gasteiger partial charge in [0.2, 0.25) is 0 Å². The SMILES string of the molecule is CCn1cc(N)c(C(=O)NCC(C2CC2)C2CC2)n1. The van der Waals surface area contributed by atoms with Crippen molar-refractivity contribution < 1.29 is 4.79 Å². The van der Waals surface area contributed by atoms with E-state index in [4.69, 9.17) is 5.73 Å². The van der Waals surface area contributed by atoms with Crippen molar-refractivity contribution in [2.24, 2.45) is 17.8 Å². The van der Waals surface area contributed by atoms with Crippen LogP contribution in [0.4, 0.5) is 5.69 Å². The van der Waals surface area contributed by atoms with E-state index in [1.165, 1.54) is 25.7 Å². The summed E-state index contributed by atoms with van der Waals surface area (Å²) in [5.41, 5.74) is 6.66. The van der Waals surface area contributed by atoms with Gasteiger partial charge in [0, 0.05) is 19.3 Å². The molecular formula is C14H22N4O. The highest BCUT2D eigenvalue weighted by atomic mass is 16.2. The second-order valence-electron chi connectivity index (χ2n) is 5.84. The molecule has 3 N–H and O–H groups in total. The molecule has 0 radical (unpaired) electrons. The monoisotopic (exact) mass is 262 g/mol. The van der Waals surface area contributed by atoms with E-state index in [-0.39, 0.29) is 5.91 Å². The van der Waals surface area contributed by atoms with Crippen LogP contribution in [0.2, 0.25) is 0 Å². The predicted octanol–water partition coefficient (Wildman–Crippen LogP) is 1.65. The number of anilines is 1. The largest absolute Gasteiger partial charge is 0.396 e. The Bertz CT molecular complexity index is 462. The van der Waals surface area contributed by atoms with Gasteiger partial charge in [-0.3, -0.25) is 9.48 Å². The van der Waals surface area contributed by atoms with Gasteiger partial charge in [-0.15, -0.1) is 0 Å². The number of nitrogens with one attached hydrogen (secondary N) is 1. The van der Waals surface area contributed by atoms with Crippen LogP contribution in [0.15, 0.2) is 6.20 Å². The van der Waals surface area contributed by atoms with Crippen molar-refractivity contribution in [1.82, 2.24) is 15.1 Å². The molecule has 0 saturated heterocycles. The van der Waals surface area contributed by atoms with E-state index < -0.39 is 0 Å². The number of rotatable bonds is 6. The summed E-state index contributed by atoms with van der Waals surface area (Å²) >= 11 is 0. The van der Waals surface area contributed by atoms with Crippen LogP contribution >= 0.6 is 0 Å². The minimum atomic E-state index is -0.129. The van der Waals surface area contributed by atoms with Crippen molar-refractivity contribution in [2.75, 3.05) is 12.3 Å². The fraction of sp³-hybridized carbons (Fsp3) is 0.714. The first-order valence-electron chi connectivity index (χ1n) is 7.30. The predicted molar refractivity (Wildman–Crippen MR) is 73.6 cm³/mol. The Morgan fingerprint density at radius 3 is 2.58 bits per heavy atom. The molecule has 2 aliphatic carbocycles. The summed E-state index contributed by atoms with van der Waals surface area (Å²) in [6, 6.07) is 0. The fourth-order valence-electron chi connectivity index (χ4n) is 2.84. The molecule has 1 aromatic heterocycles. The van der Waals surface area contributed by atoms with Crippen LogP contribution in [0.25, 0.3) is 0 Å². The lowest BCUT2D eigenvalue weighted by atomic mass is 9.98. The van der Waals surface area contributed by atoms with Crippen molar-refractivity contribution in [3.8, 4) is 0 Å². The Kier molecular flexibility index (Phi) is 3.21. The normalized spacial score (nSPS) is 18.8. The Morgan fingerprint density at radius 2 is 2.11 bits per heavy atom. The maximum Gasteiger partial charge on any atom is 0.273 e. The second-order valence-corrected chi connectivity index (χ2v) is 5.84. The number of carbonyl (C=O) groups excluding carboxylic acids is 1. The van der Waals surface area contributed by atoms with Crippen LogP contribution in [0.1, 0.15) is 43.1 Å². The van der Waals surface area contributed by atoms with Gasteiger partial charge in [0.05, 0.1) is 5.69 Å². The highest BCUT2D eigenvalue weighted by Crippen LogP contribution is 2.48. The van der Waals surface area contributed by atoms with Crippen LogP contribution in [0.5, 0.6) is 0 Å². The number of nitrogens with two attached hydrogens (primary N) is 1. The highest BCUT2D eigenvalue weighted by molar-refractivity contribution is 5.96. The minimum Gasteiger partial charge on any atom is -0.396 e. The van der Waals surface area contributed by atoms with Crippen molar-refractivity contribution in [2.45, 2.75) is 39.2 Å². The molecule has 2 aliphatic rings. The number of hydrogen-bond donors (Lipinski definition) is 2. The molecule has 19 heavy (non-hydrogen) atoms. The van der Waals surface area contributed by atoms with E-state index in [1.807, 2.05) is 6.92 Å². The Labute approximate surface area is 113 Å². The molecule has 0 bridgehead atoms. The maximum absolute atomic E-state index is 12.1. The van der Waals surface area contributed by atoms with Crippen LogP contribution in [0, 0.1) is 17.8 Å². The number of nitrogens with zero attached hydrogens (tertiary/aromatic N) is 2. The van der Waals surface area contributed by atoms with Gasteiger partial charge in [-0.25, -0.2) is 0 Å². The fourth-order valence-corrected chi connectivity index (χ4v) is 2.84. The third kappa shape index (κ3) is 2.74. The quantitative estimate of drug-likeness (QED) is 0.818. The maximum atomic E-state index is 12.1. The molecule has 5 nitrogen and oxygen atoms in total. The van der Waals surface area contributed by atoms with Crippen LogP contribution in [-0.2, 0) is 6.54 Å². The number of carbonyl (C=O) groups is 1. The zero-order chi connectivity index (χ0) is 13.4. The first-order chi connectivity index (χ1) is 9.19. The number of hydrogen-bond acceptors (Lipinski definition) is 3. The van der Waals surface area contributed by atoms with E-state index in [2.05, 4.69) is 10.4 Å². The van der Waals surface area contributed by atoms with Gasteiger partial charge in [-0.05, 0) is 50.4 Å². The van der Waals surface area contributed by atoms with Crippen LogP contribution < -0.4 is 11.1 Å². The number of aryl methyl sites for hydroxylation is 1. The summed E-state index contributed by atoms with van der Waals surface area (Å²) in [6.07, 6.45) is 7.06. The van der Waals surface area contributed by atoms with Gasteiger partial charge in [0.1, 0.15) is 0 Å². The van der Waals surface area contributed by atoms with Crippen molar-refractivity contribution in [3.63, 3.8) is 0 Å². The molecule has 2 saturated carbocycles. The van der Waals surface area contributed by atoms with Gasteiger partial charge in [-0.1, -0.05) is 0 Å². The average Bonchev–Trinajstić information content (AvgIpc) is 3.29. The van der Waals surface area contributed by atoms with E-state index in [0.717, 1.165) is 24.9 Å². The van der Waals surface area contributed by atoms with Gasteiger partial charge < -0.3 is 11.1 Å². The molecule has 0 atom stereocenters. The zero-order valence-corrected chi connectivity index (χ0v) is 11.4. The summed E-state index contributed by atoms with van der Waals surface area (Å²) in [5, 5.41) is 7.23. The van der Waals surface area contributed by atoms with E-state index in [0.29, 0.717) is 17.3 Å². The number of aromatic nitrogens is 2. The van der Waals surface area contributed by atoms with Gasteiger partial charge in [0.25, 0.3) is 5.91 Å². The van der Waals surface area contributed by atoms with E-state index >= 15 is 0 Å². The summed E-state index contributed by atoms with van der Waals surface area (Å²) in [5.74, 6) is 2.24. The molecule has 0 spiro atoms. The van der Waals surface area contributed by atoms with Gasteiger partial charge in [-0.2, -0.15) is 5.10 Å². The summed E-state index contributed by atoms with van der Waals surface area (Å²) in [4.78, 5) is 12.1. The zero-order valence-electron chi connectivity index (χ0n) is 11.4. The van der Waals surface area contributed by atoms with Crippen molar-refractivity contribution in [1.29, 1.82) is 0 Å². The Morgan fingerprint density at radius 1 is 1.47 bits per heavy atom. The van der Waals surface area contributed by atoms with E-state index in [1.54, 1.807) is 10.9 Å². The Hall–Kier alpha value is -1.52. The van der Waals surface area contributed by atoms with Gasteiger partial charge >= 0.3 is 0 Å². The van der Waals surface area contributed by atoms with Crippen molar-refractivity contribution in [3.05, 3.63) is 11.9 Å². The lowest BCUT2D eigenvalue weighted by molar-refractivity contribution is 0.0938. The van der Waals surface area contributed by atoms with Crippen molar-refractivity contribution >= 4 is 11.6 Å². The first-order valence-corrected chi connectivity index (χ1v) is 7.30. The standard InChI is InChI=1S/C14H22N4O/c1-2-18-8-12(15)13(17-18)14(19)16-7-11(9-3-4-9)10-5-6-10/h8-11H,2-7,15H2,1H3,(H,16,19). The molecule has 3 rings (SSSR count). The smallest absolute Gasteiger partial charge is 0.273 e. The molecule has 5 heteroatoms. The number of amides is 1. The molecule has 1 heterocycles. The molecule has 1 amide bonds. The molecule has 0 unspecified atom stereocenters. The summed E-state index contributed by atoms with van der Waals surface area (Å²) in [6.45, 7) is 3.49. The Balaban J connectivity index is 1.59. The molecule has 2 fully saturated rings. The molecule has 104 valence electrons. The molecule has 0 aliphatic heterocycles. The van der Waals surface area contributed by atoms with E-state index in [9.17, 15) is 4.79 Å². The average molecular weight is 262 g/mol. The van der Waals surface area contributed by atoms with Crippen LogP contribution in [0.3, 0.4) is 0 Å². The first kappa shape index (κ1) is 12.5. The minimum absolute atomic E-state index is 0.129. The third-order valence-corrected chi connectivity index (χ3v) is 4.28. The molecular weight excluding hydrogens is 240 g/mol. The molecule has 0 aromatic carbocycles.